The first kappa shape index (κ1) is 14.1. The molecule has 0 amide bonds. The lowest BCUT2D eigenvalue weighted by atomic mass is 9.95. The minimum absolute atomic E-state index is 0.591. The van der Waals surface area contributed by atoms with Crippen LogP contribution in [0.1, 0.15) is 57.9 Å². The molecule has 0 saturated heterocycles. The number of nitrogens with zero attached hydrogens (tertiary/aromatic N) is 2. The van der Waals surface area contributed by atoms with Crippen molar-refractivity contribution in [1.29, 1.82) is 0 Å². The summed E-state index contributed by atoms with van der Waals surface area (Å²) in [5.74, 6) is 2.04. The maximum atomic E-state index is 4.47. The smallest absolute Gasteiger partial charge is 0.134 e. The summed E-state index contributed by atoms with van der Waals surface area (Å²) >= 11 is 0. The second-order valence-corrected chi connectivity index (χ2v) is 5.31. The first-order valence-electron chi connectivity index (χ1n) is 7.69. The fourth-order valence-electron chi connectivity index (χ4n) is 2.78. The highest BCUT2D eigenvalue weighted by Crippen LogP contribution is 2.26. The zero-order valence-electron chi connectivity index (χ0n) is 12.2. The van der Waals surface area contributed by atoms with Gasteiger partial charge in [0.05, 0.1) is 0 Å². The van der Waals surface area contributed by atoms with Gasteiger partial charge in [0.25, 0.3) is 0 Å². The van der Waals surface area contributed by atoms with Crippen LogP contribution in [-0.4, -0.2) is 22.6 Å². The third-order valence-electron chi connectivity index (χ3n) is 3.74. The van der Waals surface area contributed by atoms with Crippen molar-refractivity contribution in [3.8, 4) is 0 Å². The molecule has 0 bridgehead atoms. The van der Waals surface area contributed by atoms with E-state index in [1.807, 2.05) is 0 Å². The lowest BCUT2D eigenvalue weighted by Crippen LogP contribution is -2.24. The van der Waals surface area contributed by atoms with Gasteiger partial charge in [0.1, 0.15) is 18.0 Å². The van der Waals surface area contributed by atoms with Gasteiger partial charge in [-0.15, -0.1) is 0 Å². The van der Waals surface area contributed by atoms with Gasteiger partial charge in [-0.05, 0) is 26.2 Å². The van der Waals surface area contributed by atoms with Crippen LogP contribution >= 0.6 is 0 Å². The van der Waals surface area contributed by atoms with E-state index in [-0.39, 0.29) is 0 Å². The fourth-order valence-corrected chi connectivity index (χ4v) is 2.78. The first-order chi connectivity index (χ1) is 9.35. The highest BCUT2D eigenvalue weighted by molar-refractivity contribution is 5.57. The summed E-state index contributed by atoms with van der Waals surface area (Å²) in [4.78, 5) is 8.85. The number of rotatable bonds is 6. The van der Waals surface area contributed by atoms with E-state index in [9.17, 15) is 0 Å². The second-order valence-electron chi connectivity index (χ2n) is 5.31. The third kappa shape index (κ3) is 3.82. The van der Waals surface area contributed by atoms with Gasteiger partial charge in [0.2, 0.25) is 0 Å². The van der Waals surface area contributed by atoms with Gasteiger partial charge >= 0.3 is 0 Å². The summed E-state index contributed by atoms with van der Waals surface area (Å²) in [6.45, 7) is 5.20. The largest absolute Gasteiger partial charge is 0.370 e. The minimum Gasteiger partial charge on any atom is -0.370 e. The Bertz CT molecular complexity index is 386. The lowest BCUT2D eigenvalue weighted by Gasteiger charge is -2.25. The predicted molar refractivity (Wildman–Crippen MR) is 80.7 cm³/mol. The average molecular weight is 262 g/mol. The van der Waals surface area contributed by atoms with Gasteiger partial charge in [-0.2, -0.15) is 0 Å². The molecule has 0 unspecified atom stereocenters. The Hall–Kier alpha value is -1.32. The van der Waals surface area contributed by atoms with E-state index < -0.39 is 0 Å². The number of hydrogen-bond donors (Lipinski definition) is 2. The van der Waals surface area contributed by atoms with E-state index in [4.69, 9.17) is 0 Å². The quantitative estimate of drug-likeness (QED) is 0.822. The maximum Gasteiger partial charge on any atom is 0.134 e. The Morgan fingerprint density at radius 3 is 2.53 bits per heavy atom. The summed E-state index contributed by atoms with van der Waals surface area (Å²) in [6.07, 6.45) is 10.4. The molecule has 0 radical (unpaired) electrons. The monoisotopic (exact) mass is 262 g/mol. The van der Waals surface area contributed by atoms with Gasteiger partial charge < -0.3 is 10.6 Å². The van der Waals surface area contributed by atoms with Crippen molar-refractivity contribution in [3.63, 3.8) is 0 Å². The van der Waals surface area contributed by atoms with E-state index in [0.717, 1.165) is 31.0 Å². The molecule has 0 aromatic carbocycles. The molecule has 1 fully saturated rings. The van der Waals surface area contributed by atoms with E-state index in [2.05, 4.69) is 34.4 Å². The van der Waals surface area contributed by atoms with Crippen LogP contribution in [0.5, 0.6) is 0 Å². The number of anilines is 2. The van der Waals surface area contributed by atoms with Crippen LogP contribution in [0.2, 0.25) is 0 Å². The van der Waals surface area contributed by atoms with Crippen molar-refractivity contribution in [2.24, 2.45) is 0 Å². The molecule has 1 aliphatic rings. The Kier molecular flexibility index (Phi) is 5.43. The molecule has 2 N–H and O–H groups in total. The van der Waals surface area contributed by atoms with Crippen molar-refractivity contribution < 1.29 is 0 Å². The molecule has 4 heteroatoms. The third-order valence-corrected chi connectivity index (χ3v) is 3.74. The molecule has 0 aliphatic heterocycles. The fraction of sp³-hybridized carbons (Fsp3) is 0.733. The molecule has 1 aromatic heterocycles. The van der Waals surface area contributed by atoms with Gasteiger partial charge in [-0.1, -0.05) is 32.6 Å². The summed E-state index contributed by atoms with van der Waals surface area (Å²) in [6, 6.07) is 0.591. The van der Waals surface area contributed by atoms with Crippen molar-refractivity contribution >= 4 is 11.6 Å². The van der Waals surface area contributed by atoms with E-state index in [1.54, 1.807) is 6.33 Å². The Morgan fingerprint density at radius 1 is 1.11 bits per heavy atom. The van der Waals surface area contributed by atoms with Crippen molar-refractivity contribution in [1.82, 2.24) is 9.97 Å². The van der Waals surface area contributed by atoms with Gasteiger partial charge in [-0.25, -0.2) is 9.97 Å². The molecule has 1 saturated carbocycles. The number of nitrogens with one attached hydrogen (secondary N) is 2. The zero-order chi connectivity index (χ0) is 13.5. The summed E-state index contributed by atoms with van der Waals surface area (Å²) < 4.78 is 0. The number of hydrogen-bond acceptors (Lipinski definition) is 4. The van der Waals surface area contributed by atoms with Gasteiger partial charge in [-0.3, -0.25) is 0 Å². The van der Waals surface area contributed by atoms with Crippen molar-refractivity contribution in [2.75, 3.05) is 17.2 Å². The molecule has 1 heterocycles. The summed E-state index contributed by atoms with van der Waals surface area (Å²) in [5.41, 5.74) is 1.25. The number of aromatic nitrogens is 2. The molecule has 106 valence electrons. The minimum atomic E-state index is 0.591. The van der Waals surface area contributed by atoms with Gasteiger partial charge in [0, 0.05) is 18.2 Å². The predicted octanol–water partition coefficient (Wildman–Crippen LogP) is 3.61. The Balaban J connectivity index is 2.14. The van der Waals surface area contributed by atoms with E-state index in [1.165, 1.54) is 37.7 Å². The van der Waals surface area contributed by atoms with Crippen molar-refractivity contribution in [3.05, 3.63) is 11.9 Å². The summed E-state index contributed by atoms with van der Waals surface area (Å²) in [5, 5.41) is 6.99. The molecule has 1 aliphatic carbocycles. The van der Waals surface area contributed by atoms with Crippen LogP contribution in [0.15, 0.2) is 6.33 Å². The van der Waals surface area contributed by atoms with Crippen LogP contribution in [0.3, 0.4) is 0 Å². The zero-order valence-corrected chi connectivity index (χ0v) is 12.2. The normalized spacial score (nSPS) is 16.3. The molecule has 0 atom stereocenters. The molecular formula is C15H26N4. The SMILES string of the molecule is CCCc1c(NCC)ncnc1NC1CCCCC1. The van der Waals surface area contributed by atoms with Gasteiger partial charge in [0.15, 0.2) is 0 Å². The Labute approximate surface area is 116 Å². The lowest BCUT2D eigenvalue weighted by molar-refractivity contribution is 0.461. The second kappa shape index (κ2) is 7.31. The van der Waals surface area contributed by atoms with Crippen LogP contribution in [-0.2, 0) is 6.42 Å². The standard InChI is InChI=1S/C15H26N4/c1-3-8-13-14(16-4-2)17-11-18-15(13)19-12-9-6-5-7-10-12/h11-12H,3-10H2,1-2H3,(H2,16,17,18,19). The highest BCUT2D eigenvalue weighted by atomic mass is 15.1. The van der Waals surface area contributed by atoms with Crippen LogP contribution in [0.4, 0.5) is 11.6 Å². The maximum absolute atomic E-state index is 4.47. The van der Waals surface area contributed by atoms with Crippen LogP contribution in [0, 0.1) is 0 Å². The molecule has 0 spiro atoms. The van der Waals surface area contributed by atoms with Crippen molar-refractivity contribution in [2.45, 2.75) is 64.8 Å². The highest BCUT2D eigenvalue weighted by Gasteiger charge is 2.17. The average Bonchev–Trinajstić information content (AvgIpc) is 2.44. The first-order valence-corrected chi connectivity index (χ1v) is 7.69. The topological polar surface area (TPSA) is 49.8 Å². The molecule has 19 heavy (non-hydrogen) atoms. The molecule has 2 rings (SSSR count). The van der Waals surface area contributed by atoms with Crippen LogP contribution < -0.4 is 10.6 Å². The Morgan fingerprint density at radius 2 is 1.84 bits per heavy atom. The van der Waals surface area contributed by atoms with Crippen LogP contribution in [0.25, 0.3) is 0 Å². The van der Waals surface area contributed by atoms with E-state index >= 15 is 0 Å². The molecular weight excluding hydrogens is 236 g/mol. The molecule has 1 aromatic rings. The summed E-state index contributed by atoms with van der Waals surface area (Å²) in [7, 11) is 0. The molecule has 4 nitrogen and oxygen atoms in total. The van der Waals surface area contributed by atoms with E-state index in [0.29, 0.717) is 6.04 Å².